The molecule has 1 aromatic rings. The molecule has 15 heavy (non-hydrogen) atoms. The lowest BCUT2D eigenvalue weighted by atomic mass is 9.98. The standard InChI is InChI=1S/C10H16O4S/c1-8-4-5-9(14-8)15(12,13)7-10(2,3)6-11/h4-5,11H,6-7H2,1-3H3. The van der Waals surface area contributed by atoms with Crippen LogP contribution in [0.2, 0.25) is 0 Å². The van der Waals surface area contributed by atoms with E-state index in [9.17, 15) is 8.42 Å². The largest absolute Gasteiger partial charge is 0.450 e. The van der Waals surface area contributed by atoms with E-state index in [2.05, 4.69) is 0 Å². The van der Waals surface area contributed by atoms with Crippen LogP contribution in [0.3, 0.4) is 0 Å². The van der Waals surface area contributed by atoms with Crippen LogP contribution in [0.1, 0.15) is 19.6 Å². The highest BCUT2D eigenvalue weighted by atomic mass is 32.2. The van der Waals surface area contributed by atoms with Crippen molar-refractivity contribution < 1.29 is 17.9 Å². The van der Waals surface area contributed by atoms with E-state index in [0.29, 0.717) is 5.76 Å². The molecule has 0 bridgehead atoms. The summed E-state index contributed by atoms with van der Waals surface area (Å²) >= 11 is 0. The molecule has 0 aliphatic carbocycles. The summed E-state index contributed by atoms with van der Waals surface area (Å²) in [5.74, 6) is 0.444. The van der Waals surface area contributed by atoms with Crippen molar-refractivity contribution in [1.29, 1.82) is 0 Å². The second-order valence-corrected chi connectivity index (χ2v) is 6.37. The summed E-state index contributed by atoms with van der Waals surface area (Å²) in [4.78, 5) is 0. The molecule has 1 N–H and O–H groups in total. The molecule has 0 aliphatic rings. The lowest BCUT2D eigenvalue weighted by molar-refractivity contribution is 0.178. The summed E-state index contributed by atoms with van der Waals surface area (Å²) < 4.78 is 28.7. The number of aliphatic hydroxyl groups excluding tert-OH is 1. The quantitative estimate of drug-likeness (QED) is 0.851. The maximum Gasteiger partial charge on any atom is 0.218 e. The van der Waals surface area contributed by atoms with Crippen molar-refractivity contribution in [3.8, 4) is 0 Å². The third-order valence-corrected chi connectivity index (χ3v) is 4.02. The summed E-state index contributed by atoms with van der Waals surface area (Å²) in [6.45, 7) is 4.91. The fourth-order valence-electron chi connectivity index (χ4n) is 1.21. The molecular weight excluding hydrogens is 216 g/mol. The van der Waals surface area contributed by atoms with Crippen LogP contribution in [0.5, 0.6) is 0 Å². The molecule has 4 nitrogen and oxygen atoms in total. The molecule has 0 radical (unpaired) electrons. The van der Waals surface area contributed by atoms with Crippen LogP contribution < -0.4 is 0 Å². The van der Waals surface area contributed by atoms with Crippen LogP contribution in [0.4, 0.5) is 0 Å². The van der Waals surface area contributed by atoms with E-state index in [1.807, 2.05) is 0 Å². The molecule has 86 valence electrons. The van der Waals surface area contributed by atoms with Crippen molar-refractivity contribution in [2.24, 2.45) is 5.41 Å². The summed E-state index contributed by atoms with van der Waals surface area (Å²) in [6.07, 6.45) is 0. The fraction of sp³-hybridized carbons (Fsp3) is 0.600. The van der Waals surface area contributed by atoms with Gasteiger partial charge in [-0.25, -0.2) is 8.42 Å². The van der Waals surface area contributed by atoms with Crippen molar-refractivity contribution in [2.75, 3.05) is 12.4 Å². The number of aliphatic hydroxyl groups is 1. The molecular formula is C10H16O4S. The Morgan fingerprint density at radius 3 is 2.40 bits per heavy atom. The minimum absolute atomic E-state index is 0.0264. The van der Waals surface area contributed by atoms with E-state index in [-0.39, 0.29) is 17.5 Å². The Morgan fingerprint density at radius 2 is 2.00 bits per heavy atom. The summed E-state index contributed by atoms with van der Waals surface area (Å²) in [5.41, 5.74) is -0.653. The first-order chi connectivity index (χ1) is 6.77. The van der Waals surface area contributed by atoms with Gasteiger partial charge in [0.2, 0.25) is 14.9 Å². The molecule has 1 aromatic heterocycles. The predicted octanol–water partition coefficient (Wildman–Crippen LogP) is 1.38. The third-order valence-electron chi connectivity index (χ3n) is 2.03. The molecule has 1 rings (SSSR count). The second-order valence-electron chi connectivity index (χ2n) is 4.45. The van der Waals surface area contributed by atoms with Crippen molar-refractivity contribution in [3.63, 3.8) is 0 Å². The predicted molar refractivity (Wildman–Crippen MR) is 56.4 cm³/mol. The Balaban J connectivity index is 2.95. The zero-order chi connectivity index (χ0) is 11.7. The van der Waals surface area contributed by atoms with E-state index in [4.69, 9.17) is 9.52 Å². The van der Waals surface area contributed by atoms with Gasteiger partial charge in [0.1, 0.15) is 5.76 Å². The first kappa shape index (κ1) is 12.3. The number of hydrogen-bond acceptors (Lipinski definition) is 4. The van der Waals surface area contributed by atoms with Gasteiger partial charge < -0.3 is 9.52 Å². The van der Waals surface area contributed by atoms with Gasteiger partial charge in [-0.3, -0.25) is 0 Å². The molecule has 0 spiro atoms. The Labute approximate surface area is 89.8 Å². The molecule has 0 fully saturated rings. The zero-order valence-electron chi connectivity index (χ0n) is 9.15. The Hall–Kier alpha value is -0.810. The van der Waals surface area contributed by atoms with Crippen molar-refractivity contribution in [3.05, 3.63) is 17.9 Å². The van der Waals surface area contributed by atoms with E-state index >= 15 is 0 Å². The topological polar surface area (TPSA) is 67.5 Å². The first-order valence-electron chi connectivity index (χ1n) is 4.67. The van der Waals surface area contributed by atoms with Crippen LogP contribution in [0.15, 0.2) is 21.6 Å². The average molecular weight is 232 g/mol. The maximum absolute atomic E-state index is 11.8. The number of sulfone groups is 1. The summed E-state index contributed by atoms with van der Waals surface area (Å²) in [6, 6.07) is 3.05. The zero-order valence-corrected chi connectivity index (χ0v) is 9.97. The molecule has 0 unspecified atom stereocenters. The highest BCUT2D eigenvalue weighted by Gasteiger charge is 2.28. The van der Waals surface area contributed by atoms with Crippen molar-refractivity contribution in [1.82, 2.24) is 0 Å². The summed E-state index contributed by atoms with van der Waals surface area (Å²) in [7, 11) is -3.44. The van der Waals surface area contributed by atoms with Gasteiger partial charge in [-0.2, -0.15) is 0 Å². The number of aryl methyl sites for hydroxylation is 1. The highest BCUT2D eigenvalue weighted by Crippen LogP contribution is 2.23. The normalized spacial score (nSPS) is 13.1. The number of hydrogen-bond donors (Lipinski definition) is 1. The van der Waals surface area contributed by atoms with Crippen LogP contribution in [-0.2, 0) is 9.84 Å². The second kappa shape index (κ2) is 3.98. The third kappa shape index (κ3) is 3.07. The fourth-order valence-corrected chi connectivity index (χ4v) is 3.01. The molecule has 0 atom stereocenters. The molecule has 1 heterocycles. The van der Waals surface area contributed by atoms with E-state index in [1.165, 1.54) is 6.07 Å². The average Bonchev–Trinajstić information content (AvgIpc) is 2.51. The Bertz CT molecular complexity index is 428. The number of furan rings is 1. The minimum atomic E-state index is -3.44. The van der Waals surface area contributed by atoms with Crippen LogP contribution in [-0.4, -0.2) is 25.9 Å². The molecule has 0 amide bonds. The van der Waals surface area contributed by atoms with Crippen LogP contribution >= 0.6 is 0 Å². The van der Waals surface area contributed by atoms with Crippen molar-refractivity contribution >= 4 is 9.84 Å². The van der Waals surface area contributed by atoms with Crippen LogP contribution in [0.25, 0.3) is 0 Å². The maximum atomic E-state index is 11.8. The van der Waals surface area contributed by atoms with Gasteiger partial charge in [-0.05, 0) is 19.1 Å². The first-order valence-corrected chi connectivity index (χ1v) is 6.32. The molecule has 5 heteroatoms. The SMILES string of the molecule is Cc1ccc(S(=O)(=O)CC(C)(C)CO)o1. The monoisotopic (exact) mass is 232 g/mol. The smallest absolute Gasteiger partial charge is 0.218 e. The van der Waals surface area contributed by atoms with E-state index < -0.39 is 15.3 Å². The Morgan fingerprint density at radius 1 is 1.40 bits per heavy atom. The number of rotatable bonds is 4. The van der Waals surface area contributed by atoms with Gasteiger partial charge in [-0.15, -0.1) is 0 Å². The van der Waals surface area contributed by atoms with Gasteiger partial charge in [0.15, 0.2) is 0 Å². The molecule has 0 saturated carbocycles. The molecule has 0 aromatic carbocycles. The van der Waals surface area contributed by atoms with Crippen molar-refractivity contribution in [2.45, 2.75) is 25.9 Å². The summed E-state index contributed by atoms with van der Waals surface area (Å²) in [5, 5.41) is 8.99. The van der Waals surface area contributed by atoms with E-state index in [0.717, 1.165) is 0 Å². The molecule has 0 saturated heterocycles. The minimum Gasteiger partial charge on any atom is -0.450 e. The molecule has 0 aliphatic heterocycles. The van der Waals surface area contributed by atoms with Gasteiger partial charge in [0, 0.05) is 12.0 Å². The Kier molecular flexibility index (Phi) is 3.25. The lowest BCUT2D eigenvalue weighted by Crippen LogP contribution is -2.27. The van der Waals surface area contributed by atoms with Gasteiger partial charge in [0.25, 0.3) is 0 Å². The lowest BCUT2D eigenvalue weighted by Gasteiger charge is -2.20. The van der Waals surface area contributed by atoms with Gasteiger partial charge in [-0.1, -0.05) is 13.8 Å². The van der Waals surface area contributed by atoms with E-state index in [1.54, 1.807) is 26.8 Å². The van der Waals surface area contributed by atoms with Crippen LogP contribution in [0, 0.1) is 12.3 Å². The highest BCUT2D eigenvalue weighted by molar-refractivity contribution is 7.91. The van der Waals surface area contributed by atoms with Gasteiger partial charge in [0.05, 0.1) is 5.75 Å². The van der Waals surface area contributed by atoms with Gasteiger partial charge >= 0.3 is 0 Å².